The summed E-state index contributed by atoms with van der Waals surface area (Å²) in [5, 5.41) is 26.2. The van der Waals surface area contributed by atoms with Crippen LogP contribution in [0.4, 0.5) is 11.4 Å². The lowest BCUT2D eigenvalue weighted by Gasteiger charge is -2.09. The van der Waals surface area contributed by atoms with Gasteiger partial charge in [-0.25, -0.2) is 0 Å². The Morgan fingerprint density at radius 3 is 2.59 bits per heavy atom. The number of benzene rings is 2. The highest BCUT2D eigenvalue weighted by Crippen LogP contribution is 2.28. The summed E-state index contributed by atoms with van der Waals surface area (Å²) in [6.45, 7) is 4.76. The molecule has 0 atom stereocenters. The van der Waals surface area contributed by atoms with Crippen LogP contribution in [-0.4, -0.2) is 20.0 Å². The average molecular weight is 354 g/mol. The third-order valence-corrected chi connectivity index (χ3v) is 4.39. The second kappa shape index (κ2) is 6.89. The normalized spacial score (nSPS) is 10.7. The van der Waals surface area contributed by atoms with Gasteiger partial charge >= 0.3 is 0 Å². The number of nitrogens with zero attached hydrogens (tertiary/aromatic N) is 5. The highest BCUT2D eigenvalue weighted by atomic mass is 15.3. The molecule has 0 bridgehead atoms. The molecule has 2 aromatic carbocycles. The third kappa shape index (κ3) is 3.48. The van der Waals surface area contributed by atoms with Crippen molar-refractivity contribution in [2.75, 3.05) is 5.32 Å². The van der Waals surface area contributed by atoms with Crippen LogP contribution < -0.4 is 5.32 Å². The van der Waals surface area contributed by atoms with Crippen molar-refractivity contribution in [3.8, 4) is 6.07 Å². The van der Waals surface area contributed by atoms with Crippen molar-refractivity contribution in [3.63, 3.8) is 0 Å². The van der Waals surface area contributed by atoms with Gasteiger partial charge in [-0.2, -0.15) is 10.4 Å². The summed E-state index contributed by atoms with van der Waals surface area (Å²) in [7, 11) is 0. The summed E-state index contributed by atoms with van der Waals surface area (Å²) in [4.78, 5) is 0. The fourth-order valence-electron chi connectivity index (χ4n) is 2.96. The molecule has 0 fully saturated rings. The standard InChI is InChI=1S/C21H18N6/c1-14-3-6-16(7-4-14)12-27-13-17(11-23-27)24-21-18-9-15(2)5-8-19(18)25-26-20(21)10-22/h3-9,11,13H,12H2,1-2H3,(H,24,25). The molecule has 0 aliphatic carbocycles. The van der Waals surface area contributed by atoms with Gasteiger partial charge in [0.2, 0.25) is 0 Å². The lowest BCUT2D eigenvalue weighted by atomic mass is 10.1. The van der Waals surface area contributed by atoms with Crippen molar-refractivity contribution in [1.29, 1.82) is 5.26 Å². The number of hydrogen-bond acceptors (Lipinski definition) is 5. The molecule has 0 amide bonds. The average Bonchev–Trinajstić information content (AvgIpc) is 3.11. The molecule has 27 heavy (non-hydrogen) atoms. The van der Waals surface area contributed by atoms with E-state index in [-0.39, 0.29) is 5.69 Å². The van der Waals surface area contributed by atoms with E-state index in [2.05, 4.69) is 57.9 Å². The van der Waals surface area contributed by atoms with Crippen LogP contribution in [0.5, 0.6) is 0 Å². The SMILES string of the molecule is Cc1ccc(Cn2cc(Nc3c(C#N)nnc4ccc(C)cc34)cn2)cc1. The summed E-state index contributed by atoms with van der Waals surface area (Å²) in [5.74, 6) is 0. The van der Waals surface area contributed by atoms with Crippen molar-refractivity contribution in [3.05, 3.63) is 77.2 Å². The minimum Gasteiger partial charge on any atom is -0.350 e. The first-order chi connectivity index (χ1) is 13.1. The molecule has 4 aromatic rings. The molecule has 1 N–H and O–H groups in total. The fourth-order valence-corrected chi connectivity index (χ4v) is 2.96. The lowest BCUT2D eigenvalue weighted by molar-refractivity contribution is 0.687. The van der Waals surface area contributed by atoms with E-state index in [0.29, 0.717) is 12.2 Å². The zero-order valence-corrected chi connectivity index (χ0v) is 15.1. The number of nitriles is 1. The number of nitrogens with one attached hydrogen (secondary N) is 1. The maximum Gasteiger partial charge on any atom is 0.187 e. The second-order valence-corrected chi connectivity index (χ2v) is 6.59. The molecular formula is C21H18N6. The van der Waals surface area contributed by atoms with Crippen molar-refractivity contribution >= 4 is 22.3 Å². The van der Waals surface area contributed by atoms with Crippen molar-refractivity contribution < 1.29 is 0 Å². The quantitative estimate of drug-likeness (QED) is 0.597. The second-order valence-electron chi connectivity index (χ2n) is 6.59. The van der Waals surface area contributed by atoms with Gasteiger partial charge in [-0.1, -0.05) is 41.5 Å². The van der Waals surface area contributed by atoms with Crippen molar-refractivity contribution in [2.45, 2.75) is 20.4 Å². The number of aromatic nitrogens is 4. The van der Waals surface area contributed by atoms with Gasteiger partial charge in [-0.15, -0.1) is 10.2 Å². The van der Waals surface area contributed by atoms with Crippen molar-refractivity contribution in [1.82, 2.24) is 20.0 Å². The van der Waals surface area contributed by atoms with Gasteiger partial charge in [0.1, 0.15) is 6.07 Å². The Kier molecular flexibility index (Phi) is 4.27. The van der Waals surface area contributed by atoms with Gasteiger partial charge in [-0.05, 0) is 31.5 Å². The first-order valence-electron chi connectivity index (χ1n) is 8.64. The Bertz CT molecular complexity index is 1150. The monoisotopic (exact) mass is 354 g/mol. The number of anilines is 2. The number of rotatable bonds is 4. The van der Waals surface area contributed by atoms with Crippen LogP contribution in [0.2, 0.25) is 0 Å². The highest BCUT2D eigenvalue weighted by Gasteiger charge is 2.12. The van der Waals surface area contributed by atoms with Crippen LogP contribution in [0.3, 0.4) is 0 Å². The summed E-state index contributed by atoms with van der Waals surface area (Å²) >= 11 is 0. The predicted octanol–water partition coefficient (Wildman–Crippen LogP) is 4.11. The molecular weight excluding hydrogens is 336 g/mol. The van der Waals surface area contributed by atoms with E-state index in [4.69, 9.17) is 0 Å². The minimum absolute atomic E-state index is 0.263. The third-order valence-electron chi connectivity index (χ3n) is 4.39. The molecule has 132 valence electrons. The maximum absolute atomic E-state index is 9.43. The molecule has 0 aliphatic heterocycles. The van der Waals surface area contributed by atoms with Crippen LogP contribution in [-0.2, 0) is 6.54 Å². The molecule has 0 saturated carbocycles. The molecule has 0 aliphatic rings. The number of fused-ring (bicyclic) bond motifs is 1. The number of hydrogen-bond donors (Lipinski definition) is 1. The van der Waals surface area contributed by atoms with Gasteiger partial charge < -0.3 is 5.32 Å². The molecule has 0 radical (unpaired) electrons. The predicted molar refractivity (Wildman–Crippen MR) is 105 cm³/mol. The van der Waals surface area contributed by atoms with E-state index in [1.54, 1.807) is 6.20 Å². The zero-order valence-electron chi connectivity index (χ0n) is 15.1. The van der Waals surface area contributed by atoms with E-state index in [9.17, 15) is 5.26 Å². The summed E-state index contributed by atoms with van der Waals surface area (Å²) in [6.07, 6.45) is 3.67. The first kappa shape index (κ1) is 16.7. The highest BCUT2D eigenvalue weighted by molar-refractivity contribution is 5.95. The van der Waals surface area contributed by atoms with E-state index in [1.165, 1.54) is 11.1 Å². The van der Waals surface area contributed by atoms with Crippen LogP contribution in [0, 0.1) is 25.2 Å². The zero-order chi connectivity index (χ0) is 18.8. The van der Waals surface area contributed by atoms with E-state index < -0.39 is 0 Å². The lowest BCUT2D eigenvalue weighted by Crippen LogP contribution is -2.01. The molecule has 4 rings (SSSR count). The molecule has 0 unspecified atom stereocenters. The fraction of sp³-hybridized carbons (Fsp3) is 0.143. The van der Waals surface area contributed by atoms with E-state index in [0.717, 1.165) is 22.2 Å². The van der Waals surface area contributed by atoms with Crippen LogP contribution in [0.25, 0.3) is 10.9 Å². The molecule has 6 heteroatoms. The Morgan fingerprint density at radius 1 is 1.04 bits per heavy atom. The summed E-state index contributed by atoms with van der Waals surface area (Å²) in [5.41, 5.74) is 5.97. The first-order valence-corrected chi connectivity index (χ1v) is 8.64. The largest absolute Gasteiger partial charge is 0.350 e. The minimum atomic E-state index is 0.263. The molecule has 0 saturated heterocycles. The Hall–Kier alpha value is -3.72. The summed E-state index contributed by atoms with van der Waals surface area (Å²) in [6, 6.07) is 16.4. The summed E-state index contributed by atoms with van der Waals surface area (Å²) < 4.78 is 1.86. The van der Waals surface area contributed by atoms with Gasteiger partial charge in [0, 0.05) is 11.6 Å². The molecule has 6 nitrogen and oxygen atoms in total. The van der Waals surface area contributed by atoms with Crippen LogP contribution in [0.1, 0.15) is 22.4 Å². The molecule has 0 spiro atoms. The van der Waals surface area contributed by atoms with Gasteiger partial charge in [-0.3, -0.25) is 4.68 Å². The van der Waals surface area contributed by atoms with E-state index >= 15 is 0 Å². The maximum atomic E-state index is 9.43. The van der Waals surface area contributed by atoms with Gasteiger partial charge in [0.05, 0.1) is 29.6 Å². The van der Waals surface area contributed by atoms with Gasteiger partial charge in [0.25, 0.3) is 0 Å². The van der Waals surface area contributed by atoms with Crippen molar-refractivity contribution in [2.24, 2.45) is 0 Å². The number of aryl methyl sites for hydroxylation is 2. The molecule has 2 heterocycles. The topological polar surface area (TPSA) is 79.4 Å². The van der Waals surface area contributed by atoms with E-state index in [1.807, 2.05) is 36.0 Å². The van der Waals surface area contributed by atoms with Crippen LogP contribution in [0.15, 0.2) is 54.9 Å². The molecule has 2 aromatic heterocycles. The smallest absolute Gasteiger partial charge is 0.187 e. The van der Waals surface area contributed by atoms with Crippen LogP contribution >= 0.6 is 0 Å². The van der Waals surface area contributed by atoms with Gasteiger partial charge in [0.15, 0.2) is 5.69 Å². The Balaban J connectivity index is 1.65. The Labute approximate surface area is 157 Å². The Morgan fingerprint density at radius 2 is 1.81 bits per heavy atom.